The third-order valence-electron chi connectivity index (χ3n) is 1.70. The van der Waals surface area contributed by atoms with Crippen LogP contribution in [-0.2, 0) is 4.79 Å². The van der Waals surface area contributed by atoms with E-state index >= 15 is 0 Å². The van der Waals surface area contributed by atoms with Gasteiger partial charge in [0.2, 0.25) is 5.91 Å². The number of hydrogen-bond donors (Lipinski definition) is 3. The number of amides is 1. The average Bonchev–Trinajstić information content (AvgIpc) is 2.53. The van der Waals surface area contributed by atoms with Crippen LogP contribution in [0.2, 0.25) is 0 Å². The summed E-state index contributed by atoms with van der Waals surface area (Å²) >= 11 is 0. The Morgan fingerprint density at radius 1 is 1.77 bits per heavy atom. The highest BCUT2D eigenvalue weighted by molar-refractivity contribution is 5.89. The van der Waals surface area contributed by atoms with Crippen molar-refractivity contribution in [2.45, 2.75) is 25.8 Å². The van der Waals surface area contributed by atoms with Gasteiger partial charge in [0.1, 0.15) is 5.82 Å². The molecule has 0 saturated heterocycles. The Labute approximate surface area is 77.5 Å². The molecule has 4 nitrogen and oxygen atoms in total. The summed E-state index contributed by atoms with van der Waals surface area (Å²) in [6, 6.07) is 3.72. The molecule has 0 spiro atoms. The van der Waals surface area contributed by atoms with Crippen molar-refractivity contribution in [1.82, 2.24) is 4.98 Å². The topological polar surface area (TPSA) is 70.9 Å². The van der Waals surface area contributed by atoms with E-state index in [0.717, 1.165) is 5.82 Å². The molecule has 1 aromatic rings. The molecule has 0 saturated carbocycles. The van der Waals surface area contributed by atoms with Crippen molar-refractivity contribution < 1.29 is 4.79 Å². The molecular formula is C9H15N3O. The maximum atomic E-state index is 11.2. The van der Waals surface area contributed by atoms with E-state index < -0.39 is 0 Å². The van der Waals surface area contributed by atoms with Crippen LogP contribution in [0.1, 0.15) is 19.8 Å². The largest absolute Gasteiger partial charge is 0.348 e. The van der Waals surface area contributed by atoms with Crippen molar-refractivity contribution in [2.24, 2.45) is 5.73 Å². The number of hydrogen-bond acceptors (Lipinski definition) is 2. The highest BCUT2D eigenvalue weighted by Gasteiger charge is 2.03. The first-order valence-electron chi connectivity index (χ1n) is 4.37. The molecule has 4 N–H and O–H groups in total. The molecule has 0 aliphatic carbocycles. The normalized spacial score (nSPS) is 12.5. The summed E-state index contributed by atoms with van der Waals surface area (Å²) in [6.07, 6.45) is 2.95. The number of nitrogens with one attached hydrogen (secondary N) is 2. The van der Waals surface area contributed by atoms with Crippen molar-refractivity contribution >= 4 is 11.7 Å². The number of aromatic nitrogens is 1. The van der Waals surface area contributed by atoms with Gasteiger partial charge in [-0.05, 0) is 25.5 Å². The third kappa shape index (κ3) is 3.75. The first kappa shape index (κ1) is 9.80. The predicted molar refractivity (Wildman–Crippen MR) is 52.3 cm³/mol. The summed E-state index contributed by atoms with van der Waals surface area (Å²) < 4.78 is 0. The van der Waals surface area contributed by atoms with Crippen molar-refractivity contribution in [2.75, 3.05) is 5.32 Å². The first-order chi connectivity index (χ1) is 6.18. The maximum Gasteiger partial charge on any atom is 0.225 e. The van der Waals surface area contributed by atoms with Gasteiger partial charge < -0.3 is 16.0 Å². The Hall–Kier alpha value is -1.29. The van der Waals surface area contributed by atoms with Crippen LogP contribution >= 0.6 is 0 Å². The second-order valence-electron chi connectivity index (χ2n) is 3.15. The fourth-order valence-electron chi connectivity index (χ4n) is 0.980. The van der Waals surface area contributed by atoms with Crippen molar-refractivity contribution in [3.63, 3.8) is 0 Å². The molecule has 0 bridgehead atoms. The van der Waals surface area contributed by atoms with Gasteiger partial charge >= 0.3 is 0 Å². The van der Waals surface area contributed by atoms with Crippen molar-refractivity contribution in [3.05, 3.63) is 18.3 Å². The van der Waals surface area contributed by atoms with Crippen LogP contribution in [0.25, 0.3) is 0 Å². The number of aromatic amines is 1. The summed E-state index contributed by atoms with van der Waals surface area (Å²) in [5, 5.41) is 2.73. The summed E-state index contributed by atoms with van der Waals surface area (Å²) in [5.74, 6) is 0.731. The van der Waals surface area contributed by atoms with Crippen LogP contribution < -0.4 is 11.1 Å². The van der Waals surface area contributed by atoms with Gasteiger partial charge in [-0.2, -0.15) is 0 Å². The molecule has 0 aliphatic heterocycles. The van der Waals surface area contributed by atoms with Crippen LogP contribution in [0, 0.1) is 0 Å². The molecule has 0 fully saturated rings. The molecule has 1 amide bonds. The van der Waals surface area contributed by atoms with Crippen molar-refractivity contribution in [1.29, 1.82) is 0 Å². The number of carbonyl (C=O) groups excluding carboxylic acids is 1. The van der Waals surface area contributed by atoms with Gasteiger partial charge in [-0.25, -0.2) is 0 Å². The van der Waals surface area contributed by atoms with E-state index in [2.05, 4.69) is 10.3 Å². The number of nitrogens with two attached hydrogens (primary N) is 1. The van der Waals surface area contributed by atoms with Gasteiger partial charge in [0.15, 0.2) is 0 Å². The van der Waals surface area contributed by atoms with Gasteiger partial charge in [-0.15, -0.1) is 0 Å². The Morgan fingerprint density at radius 2 is 2.54 bits per heavy atom. The lowest BCUT2D eigenvalue weighted by molar-refractivity contribution is -0.116. The van der Waals surface area contributed by atoms with Gasteiger partial charge in [0, 0.05) is 18.7 Å². The maximum absolute atomic E-state index is 11.2. The van der Waals surface area contributed by atoms with E-state index in [1.165, 1.54) is 0 Å². The molecule has 72 valence electrons. The number of rotatable bonds is 4. The summed E-state index contributed by atoms with van der Waals surface area (Å²) in [5.41, 5.74) is 5.53. The van der Waals surface area contributed by atoms with Crippen LogP contribution in [0.4, 0.5) is 5.82 Å². The average molecular weight is 181 g/mol. The second-order valence-corrected chi connectivity index (χ2v) is 3.15. The van der Waals surface area contributed by atoms with E-state index in [-0.39, 0.29) is 11.9 Å². The van der Waals surface area contributed by atoms with Crippen molar-refractivity contribution in [3.8, 4) is 0 Å². The minimum atomic E-state index is -0.000231. The Balaban J connectivity index is 2.26. The zero-order valence-electron chi connectivity index (χ0n) is 7.71. The predicted octanol–water partition coefficient (Wildman–Crippen LogP) is 1.08. The number of anilines is 1. The molecule has 1 unspecified atom stereocenters. The monoisotopic (exact) mass is 181 g/mol. The second kappa shape index (κ2) is 4.67. The Bertz CT molecular complexity index is 254. The summed E-state index contributed by atoms with van der Waals surface area (Å²) in [6.45, 7) is 1.89. The SMILES string of the molecule is CC(N)CCC(=O)Nc1ccc[nH]1. The molecule has 0 aromatic carbocycles. The number of carbonyl (C=O) groups is 1. The molecular weight excluding hydrogens is 166 g/mol. The molecule has 0 aliphatic rings. The minimum Gasteiger partial charge on any atom is -0.348 e. The smallest absolute Gasteiger partial charge is 0.225 e. The van der Waals surface area contributed by atoms with E-state index in [1.54, 1.807) is 6.20 Å². The standard InChI is InChI=1S/C9H15N3O/c1-7(10)4-5-9(13)12-8-3-2-6-11-8/h2-3,6-7,11H,4-5,10H2,1H3,(H,12,13). The van der Waals surface area contributed by atoms with E-state index in [4.69, 9.17) is 5.73 Å². The van der Waals surface area contributed by atoms with Crippen LogP contribution in [0.5, 0.6) is 0 Å². The fourth-order valence-corrected chi connectivity index (χ4v) is 0.980. The Kier molecular flexibility index (Phi) is 3.52. The highest BCUT2D eigenvalue weighted by Crippen LogP contribution is 2.03. The lowest BCUT2D eigenvalue weighted by atomic mass is 10.2. The highest BCUT2D eigenvalue weighted by atomic mass is 16.1. The lowest BCUT2D eigenvalue weighted by Gasteiger charge is -2.04. The van der Waals surface area contributed by atoms with Crippen LogP contribution in [0.3, 0.4) is 0 Å². The zero-order chi connectivity index (χ0) is 9.68. The lowest BCUT2D eigenvalue weighted by Crippen LogP contribution is -2.19. The third-order valence-corrected chi connectivity index (χ3v) is 1.70. The van der Waals surface area contributed by atoms with E-state index in [1.807, 2.05) is 19.1 Å². The van der Waals surface area contributed by atoms with Crippen LogP contribution in [-0.4, -0.2) is 16.9 Å². The van der Waals surface area contributed by atoms with E-state index in [0.29, 0.717) is 12.8 Å². The molecule has 1 aromatic heterocycles. The van der Waals surface area contributed by atoms with Gasteiger partial charge in [0.25, 0.3) is 0 Å². The van der Waals surface area contributed by atoms with Gasteiger partial charge in [-0.3, -0.25) is 4.79 Å². The number of H-pyrrole nitrogens is 1. The Morgan fingerprint density at radius 3 is 3.08 bits per heavy atom. The fraction of sp³-hybridized carbons (Fsp3) is 0.444. The van der Waals surface area contributed by atoms with Crippen LogP contribution in [0.15, 0.2) is 18.3 Å². The van der Waals surface area contributed by atoms with Gasteiger partial charge in [0.05, 0.1) is 0 Å². The molecule has 13 heavy (non-hydrogen) atoms. The summed E-state index contributed by atoms with van der Waals surface area (Å²) in [4.78, 5) is 14.1. The first-order valence-corrected chi connectivity index (χ1v) is 4.37. The molecule has 1 atom stereocenters. The zero-order valence-corrected chi connectivity index (χ0v) is 7.71. The molecule has 1 heterocycles. The minimum absolute atomic E-state index is 0.000231. The molecule has 1 rings (SSSR count). The van der Waals surface area contributed by atoms with E-state index in [9.17, 15) is 4.79 Å². The molecule has 4 heteroatoms. The quantitative estimate of drug-likeness (QED) is 0.650. The molecule has 0 radical (unpaired) electrons. The summed E-state index contributed by atoms with van der Waals surface area (Å²) in [7, 11) is 0. The van der Waals surface area contributed by atoms with Gasteiger partial charge in [-0.1, -0.05) is 0 Å².